The molecule has 0 amide bonds. The van der Waals surface area contributed by atoms with Crippen LogP contribution in [0.15, 0.2) is 0 Å². The molecule has 0 aromatic heterocycles. The van der Waals surface area contributed by atoms with Gasteiger partial charge in [-0.05, 0) is 33.2 Å². The topological polar surface area (TPSA) is 53.3 Å². The van der Waals surface area contributed by atoms with Gasteiger partial charge in [0.1, 0.15) is 0 Å². The first-order valence-corrected chi connectivity index (χ1v) is 5.49. The number of likely N-dealkylation sites (tertiary alicyclic amines) is 1. The van der Waals surface area contributed by atoms with E-state index in [0.29, 0.717) is 13.2 Å². The maximum Gasteiger partial charge on any atom is 0.310 e. The minimum Gasteiger partial charge on any atom is -0.466 e. The van der Waals surface area contributed by atoms with Gasteiger partial charge in [0.05, 0.1) is 24.6 Å². The van der Waals surface area contributed by atoms with Gasteiger partial charge in [-0.2, -0.15) is 5.26 Å². The van der Waals surface area contributed by atoms with Crippen LogP contribution in [0.2, 0.25) is 0 Å². The number of ether oxygens (including phenoxy) is 1. The van der Waals surface area contributed by atoms with Gasteiger partial charge in [0, 0.05) is 6.54 Å². The molecule has 1 heterocycles. The number of nitriles is 1. The van der Waals surface area contributed by atoms with Gasteiger partial charge in [0.2, 0.25) is 0 Å². The first kappa shape index (κ1) is 12.0. The molecule has 0 aromatic carbocycles. The summed E-state index contributed by atoms with van der Waals surface area (Å²) < 4.78 is 4.99. The SMILES string of the molecule is CCOC(=O)C1CCCN(C(C)C#N)C1. The summed E-state index contributed by atoms with van der Waals surface area (Å²) in [5.74, 6) is -0.165. The highest BCUT2D eigenvalue weighted by Crippen LogP contribution is 2.19. The van der Waals surface area contributed by atoms with Crippen molar-refractivity contribution in [3.8, 4) is 6.07 Å². The smallest absolute Gasteiger partial charge is 0.310 e. The molecule has 1 aliphatic heterocycles. The van der Waals surface area contributed by atoms with E-state index >= 15 is 0 Å². The summed E-state index contributed by atoms with van der Waals surface area (Å²) >= 11 is 0. The molecule has 2 unspecified atom stereocenters. The van der Waals surface area contributed by atoms with Crippen LogP contribution in [-0.2, 0) is 9.53 Å². The molecule has 4 nitrogen and oxygen atoms in total. The van der Waals surface area contributed by atoms with Crippen molar-refractivity contribution >= 4 is 5.97 Å². The van der Waals surface area contributed by atoms with Crippen LogP contribution >= 0.6 is 0 Å². The zero-order chi connectivity index (χ0) is 11.3. The average Bonchev–Trinajstić information content (AvgIpc) is 2.28. The summed E-state index contributed by atoms with van der Waals surface area (Å²) in [6.07, 6.45) is 1.85. The lowest BCUT2D eigenvalue weighted by atomic mass is 9.97. The van der Waals surface area contributed by atoms with Gasteiger partial charge < -0.3 is 4.74 Å². The second-order valence-electron chi connectivity index (χ2n) is 3.89. The van der Waals surface area contributed by atoms with Crippen LogP contribution in [0, 0.1) is 17.2 Å². The molecule has 2 atom stereocenters. The van der Waals surface area contributed by atoms with Crippen LogP contribution in [0.5, 0.6) is 0 Å². The van der Waals surface area contributed by atoms with Crippen molar-refractivity contribution in [2.75, 3.05) is 19.7 Å². The molecule has 0 saturated carbocycles. The Balaban J connectivity index is 2.49. The van der Waals surface area contributed by atoms with Crippen molar-refractivity contribution in [3.05, 3.63) is 0 Å². The second-order valence-corrected chi connectivity index (χ2v) is 3.89. The van der Waals surface area contributed by atoms with Gasteiger partial charge in [-0.1, -0.05) is 0 Å². The van der Waals surface area contributed by atoms with Gasteiger partial charge in [-0.3, -0.25) is 9.69 Å². The van der Waals surface area contributed by atoms with E-state index in [1.54, 1.807) is 0 Å². The van der Waals surface area contributed by atoms with Crippen LogP contribution in [0.1, 0.15) is 26.7 Å². The number of carbonyl (C=O) groups excluding carboxylic acids is 1. The molecule has 0 aromatic rings. The summed E-state index contributed by atoms with van der Waals surface area (Å²) in [6.45, 7) is 5.69. The third kappa shape index (κ3) is 3.21. The summed E-state index contributed by atoms with van der Waals surface area (Å²) in [4.78, 5) is 13.6. The summed E-state index contributed by atoms with van der Waals surface area (Å²) in [6, 6.07) is 2.09. The Morgan fingerprint density at radius 1 is 1.73 bits per heavy atom. The van der Waals surface area contributed by atoms with Crippen molar-refractivity contribution in [1.82, 2.24) is 4.90 Å². The summed E-state index contributed by atoms with van der Waals surface area (Å²) in [5.41, 5.74) is 0. The van der Waals surface area contributed by atoms with Crippen LogP contribution in [-0.4, -0.2) is 36.6 Å². The molecule has 1 saturated heterocycles. The molecule has 0 N–H and O–H groups in total. The normalized spacial score (nSPS) is 24.2. The van der Waals surface area contributed by atoms with Crippen LogP contribution in [0.25, 0.3) is 0 Å². The predicted octanol–water partition coefficient (Wildman–Crippen LogP) is 1.17. The molecular formula is C11H18N2O2. The molecule has 0 bridgehead atoms. The number of hydrogen-bond acceptors (Lipinski definition) is 4. The van der Waals surface area contributed by atoms with E-state index < -0.39 is 0 Å². The maximum absolute atomic E-state index is 11.5. The van der Waals surface area contributed by atoms with E-state index in [0.717, 1.165) is 19.4 Å². The van der Waals surface area contributed by atoms with Gasteiger partial charge >= 0.3 is 5.97 Å². The highest BCUT2D eigenvalue weighted by atomic mass is 16.5. The molecule has 1 fully saturated rings. The Hall–Kier alpha value is -1.08. The fraction of sp³-hybridized carbons (Fsp3) is 0.818. The zero-order valence-electron chi connectivity index (χ0n) is 9.40. The van der Waals surface area contributed by atoms with E-state index in [4.69, 9.17) is 10.00 Å². The lowest BCUT2D eigenvalue weighted by Gasteiger charge is -2.32. The van der Waals surface area contributed by atoms with Gasteiger partial charge in [-0.15, -0.1) is 0 Å². The Kier molecular flexibility index (Phi) is 4.57. The zero-order valence-corrected chi connectivity index (χ0v) is 9.40. The van der Waals surface area contributed by atoms with E-state index in [2.05, 4.69) is 6.07 Å². The van der Waals surface area contributed by atoms with Crippen LogP contribution in [0.4, 0.5) is 0 Å². The minimum atomic E-state index is -0.118. The number of nitrogens with zero attached hydrogens (tertiary/aromatic N) is 2. The first-order valence-electron chi connectivity index (χ1n) is 5.49. The van der Waals surface area contributed by atoms with Crippen molar-refractivity contribution < 1.29 is 9.53 Å². The molecule has 84 valence electrons. The molecule has 0 radical (unpaired) electrons. The molecular weight excluding hydrogens is 192 g/mol. The quantitative estimate of drug-likeness (QED) is 0.656. The van der Waals surface area contributed by atoms with Crippen LogP contribution in [0.3, 0.4) is 0 Å². The van der Waals surface area contributed by atoms with Gasteiger partial charge in [0.15, 0.2) is 0 Å². The average molecular weight is 210 g/mol. The number of piperidine rings is 1. The first-order chi connectivity index (χ1) is 7.19. The monoisotopic (exact) mass is 210 g/mol. The fourth-order valence-electron chi connectivity index (χ4n) is 1.89. The molecule has 4 heteroatoms. The third-order valence-electron chi connectivity index (χ3n) is 2.81. The lowest BCUT2D eigenvalue weighted by Crippen LogP contribution is -2.43. The minimum absolute atomic E-state index is 0.0468. The number of esters is 1. The highest BCUT2D eigenvalue weighted by molar-refractivity contribution is 5.72. The Labute approximate surface area is 90.8 Å². The Morgan fingerprint density at radius 2 is 2.47 bits per heavy atom. The Bertz CT molecular complexity index is 260. The number of hydrogen-bond donors (Lipinski definition) is 0. The van der Waals surface area contributed by atoms with Crippen LogP contribution < -0.4 is 0 Å². The molecule has 1 rings (SSSR count). The van der Waals surface area contributed by atoms with E-state index in [9.17, 15) is 4.79 Å². The largest absolute Gasteiger partial charge is 0.466 e. The number of rotatable bonds is 3. The molecule has 0 spiro atoms. The van der Waals surface area contributed by atoms with Gasteiger partial charge in [-0.25, -0.2) is 0 Å². The Morgan fingerprint density at radius 3 is 3.07 bits per heavy atom. The van der Waals surface area contributed by atoms with Crippen molar-refractivity contribution in [2.45, 2.75) is 32.7 Å². The summed E-state index contributed by atoms with van der Waals surface area (Å²) in [7, 11) is 0. The highest BCUT2D eigenvalue weighted by Gasteiger charge is 2.28. The lowest BCUT2D eigenvalue weighted by molar-refractivity contribution is -0.150. The van der Waals surface area contributed by atoms with E-state index in [-0.39, 0.29) is 17.9 Å². The predicted molar refractivity (Wildman–Crippen MR) is 56.0 cm³/mol. The molecule has 15 heavy (non-hydrogen) atoms. The second kappa shape index (κ2) is 5.72. The number of carbonyl (C=O) groups is 1. The van der Waals surface area contributed by atoms with Crippen molar-refractivity contribution in [3.63, 3.8) is 0 Å². The van der Waals surface area contributed by atoms with E-state index in [1.807, 2.05) is 18.7 Å². The maximum atomic E-state index is 11.5. The van der Waals surface area contributed by atoms with E-state index in [1.165, 1.54) is 0 Å². The van der Waals surface area contributed by atoms with Crippen molar-refractivity contribution in [1.29, 1.82) is 5.26 Å². The van der Waals surface area contributed by atoms with Gasteiger partial charge in [0.25, 0.3) is 0 Å². The third-order valence-corrected chi connectivity index (χ3v) is 2.81. The summed E-state index contributed by atoms with van der Waals surface area (Å²) in [5, 5.41) is 8.81. The molecule has 0 aliphatic carbocycles. The fourth-order valence-corrected chi connectivity index (χ4v) is 1.89. The van der Waals surface area contributed by atoms with Crippen molar-refractivity contribution in [2.24, 2.45) is 5.92 Å². The molecule has 1 aliphatic rings. The standard InChI is InChI=1S/C11H18N2O2/c1-3-15-11(14)10-5-4-6-13(8-10)9(2)7-12/h9-10H,3-6,8H2,1-2H3.